The molecule has 1 amide bonds. The second-order valence-corrected chi connectivity index (χ2v) is 6.12. The van der Waals surface area contributed by atoms with E-state index in [1.54, 1.807) is 0 Å². The van der Waals surface area contributed by atoms with Crippen molar-refractivity contribution >= 4 is 22.5 Å². The first-order valence-electron chi connectivity index (χ1n) is 8.54. The Kier molecular flexibility index (Phi) is 4.43. The molecule has 0 aliphatic carbocycles. The Morgan fingerprint density at radius 1 is 1.04 bits per heavy atom. The fourth-order valence-corrected chi connectivity index (χ4v) is 3.45. The summed E-state index contributed by atoms with van der Waals surface area (Å²) in [6.45, 7) is 9.63. The smallest absolute Gasteiger partial charge is 0.275 e. The first-order chi connectivity index (χ1) is 11.6. The normalized spacial score (nSPS) is 11.0. The van der Waals surface area contributed by atoms with Crippen molar-refractivity contribution in [3.63, 3.8) is 0 Å². The van der Waals surface area contributed by atoms with Crippen LogP contribution in [0.4, 0.5) is 5.69 Å². The molecular weight excluding hydrogens is 296 g/mol. The number of aryl methyl sites for hydroxylation is 3. The maximum atomic E-state index is 13.4. The molecule has 3 rings (SSSR count). The van der Waals surface area contributed by atoms with Gasteiger partial charge in [0.05, 0.1) is 0 Å². The van der Waals surface area contributed by atoms with Crippen molar-refractivity contribution in [2.45, 2.75) is 34.2 Å². The zero-order chi connectivity index (χ0) is 17.3. The van der Waals surface area contributed by atoms with Gasteiger partial charge in [0.2, 0.25) is 0 Å². The second kappa shape index (κ2) is 6.52. The van der Waals surface area contributed by atoms with E-state index in [2.05, 4.69) is 42.7 Å². The number of nitrogens with zero attached hydrogens (tertiary/aromatic N) is 2. The van der Waals surface area contributed by atoms with Gasteiger partial charge in [0, 0.05) is 29.7 Å². The van der Waals surface area contributed by atoms with Crippen LogP contribution >= 0.6 is 0 Å². The Balaban J connectivity index is 2.15. The van der Waals surface area contributed by atoms with E-state index >= 15 is 0 Å². The lowest BCUT2D eigenvalue weighted by Gasteiger charge is -2.23. The number of benzene rings is 2. The first-order valence-corrected chi connectivity index (χ1v) is 8.54. The fraction of sp³-hybridized carbons (Fsp3) is 0.286. The summed E-state index contributed by atoms with van der Waals surface area (Å²) in [6, 6.07) is 16.4. The average molecular weight is 320 g/mol. The molecule has 3 nitrogen and oxygen atoms in total. The van der Waals surface area contributed by atoms with E-state index in [0.29, 0.717) is 6.54 Å². The molecular formula is C21H24N2O. The van der Waals surface area contributed by atoms with Gasteiger partial charge in [0.15, 0.2) is 0 Å². The Morgan fingerprint density at radius 3 is 2.46 bits per heavy atom. The number of carbonyl (C=O) groups excluding carboxylic acids is 1. The molecule has 124 valence electrons. The van der Waals surface area contributed by atoms with Crippen LogP contribution < -0.4 is 4.90 Å². The third kappa shape index (κ3) is 2.60. The Morgan fingerprint density at radius 2 is 1.79 bits per heavy atom. The molecule has 0 aliphatic heterocycles. The van der Waals surface area contributed by atoms with E-state index in [1.165, 1.54) is 0 Å². The molecule has 0 radical (unpaired) electrons. The van der Waals surface area contributed by atoms with E-state index in [1.807, 2.05) is 43.0 Å². The molecule has 1 heterocycles. The Bertz CT molecular complexity index is 892. The van der Waals surface area contributed by atoms with Gasteiger partial charge in [-0.05, 0) is 57.0 Å². The highest BCUT2D eigenvalue weighted by Gasteiger charge is 2.24. The average Bonchev–Trinajstić information content (AvgIpc) is 2.88. The number of amides is 1. The molecule has 1 aromatic heterocycles. The summed E-state index contributed by atoms with van der Waals surface area (Å²) >= 11 is 0. The third-order valence-electron chi connectivity index (χ3n) is 4.62. The maximum Gasteiger partial charge on any atom is 0.275 e. The summed E-state index contributed by atoms with van der Waals surface area (Å²) in [4.78, 5) is 15.2. The lowest BCUT2D eigenvalue weighted by atomic mass is 10.1. The third-order valence-corrected chi connectivity index (χ3v) is 4.62. The van der Waals surface area contributed by atoms with Gasteiger partial charge in [-0.15, -0.1) is 0 Å². The number of aromatic nitrogens is 1. The van der Waals surface area contributed by atoms with E-state index in [4.69, 9.17) is 0 Å². The lowest BCUT2D eigenvalue weighted by molar-refractivity contribution is 0.0979. The van der Waals surface area contributed by atoms with Crippen LogP contribution in [-0.2, 0) is 6.54 Å². The van der Waals surface area contributed by atoms with Gasteiger partial charge >= 0.3 is 0 Å². The Hall–Kier alpha value is -2.55. The molecule has 3 aromatic rings. The van der Waals surface area contributed by atoms with Crippen LogP contribution in [0.1, 0.15) is 35.5 Å². The van der Waals surface area contributed by atoms with Crippen LogP contribution in [0, 0.1) is 13.8 Å². The van der Waals surface area contributed by atoms with E-state index < -0.39 is 0 Å². The molecule has 0 atom stereocenters. The minimum atomic E-state index is 0.0682. The van der Waals surface area contributed by atoms with Crippen LogP contribution in [0.25, 0.3) is 10.9 Å². The van der Waals surface area contributed by atoms with Crippen LogP contribution in [0.2, 0.25) is 0 Å². The first kappa shape index (κ1) is 16.3. The van der Waals surface area contributed by atoms with Gasteiger partial charge in [-0.25, -0.2) is 0 Å². The summed E-state index contributed by atoms with van der Waals surface area (Å²) < 4.78 is 2.13. The minimum absolute atomic E-state index is 0.0682. The number of fused-ring (bicyclic) bond motifs is 1. The van der Waals surface area contributed by atoms with Gasteiger partial charge in [0.25, 0.3) is 5.91 Å². The van der Waals surface area contributed by atoms with Gasteiger partial charge in [0.1, 0.15) is 5.69 Å². The highest BCUT2D eigenvalue weighted by Crippen LogP contribution is 2.28. The van der Waals surface area contributed by atoms with Gasteiger partial charge in [-0.3, -0.25) is 4.79 Å². The largest absolute Gasteiger partial charge is 0.337 e. The number of carbonyl (C=O) groups is 1. The quantitative estimate of drug-likeness (QED) is 0.668. The molecule has 0 bridgehead atoms. The highest BCUT2D eigenvalue weighted by atomic mass is 16.2. The summed E-state index contributed by atoms with van der Waals surface area (Å²) in [5.74, 6) is 0.0682. The zero-order valence-corrected chi connectivity index (χ0v) is 14.8. The molecule has 0 spiro atoms. The molecule has 0 fully saturated rings. The molecule has 0 saturated heterocycles. The van der Waals surface area contributed by atoms with Gasteiger partial charge in [-0.2, -0.15) is 0 Å². The Labute approximate surface area is 143 Å². The van der Waals surface area contributed by atoms with E-state index in [-0.39, 0.29) is 5.91 Å². The fourth-order valence-electron chi connectivity index (χ4n) is 3.45. The maximum absolute atomic E-state index is 13.4. The minimum Gasteiger partial charge on any atom is -0.337 e. The van der Waals surface area contributed by atoms with Crippen molar-refractivity contribution in [1.82, 2.24) is 4.57 Å². The highest BCUT2D eigenvalue weighted by molar-refractivity contribution is 6.09. The monoisotopic (exact) mass is 320 g/mol. The summed E-state index contributed by atoms with van der Waals surface area (Å²) in [7, 11) is 0. The molecule has 2 aromatic carbocycles. The van der Waals surface area contributed by atoms with Crippen molar-refractivity contribution in [1.29, 1.82) is 0 Å². The van der Waals surface area contributed by atoms with E-state index in [0.717, 1.165) is 40.0 Å². The van der Waals surface area contributed by atoms with Gasteiger partial charge in [-0.1, -0.05) is 30.3 Å². The van der Waals surface area contributed by atoms with Crippen molar-refractivity contribution in [3.8, 4) is 0 Å². The number of rotatable bonds is 4. The molecule has 0 aliphatic rings. The van der Waals surface area contributed by atoms with Crippen LogP contribution in [0.5, 0.6) is 0 Å². The molecule has 0 unspecified atom stereocenters. The summed E-state index contributed by atoms with van der Waals surface area (Å²) in [6.07, 6.45) is 0. The molecule has 0 saturated carbocycles. The summed E-state index contributed by atoms with van der Waals surface area (Å²) in [5.41, 5.74) is 5.09. The lowest BCUT2D eigenvalue weighted by Crippen LogP contribution is -2.32. The number of anilines is 1. The number of hydrogen-bond donors (Lipinski definition) is 0. The van der Waals surface area contributed by atoms with Gasteiger partial charge < -0.3 is 9.47 Å². The number of hydrogen-bond acceptors (Lipinski definition) is 1. The van der Waals surface area contributed by atoms with Crippen LogP contribution in [0.15, 0.2) is 48.5 Å². The van der Waals surface area contributed by atoms with Crippen molar-refractivity contribution in [2.75, 3.05) is 11.4 Å². The summed E-state index contributed by atoms with van der Waals surface area (Å²) in [5, 5.41) is 1.16. The van der Waals surface area contributed by atoms with Crippen molar-refractivity contribution in [3.05, 3.63) is 65.4 Å². The molecule has 24 heavy (non-hydrogen) atoms. The SMILES string of the molecule is CCN(C(=O)c1c(C)c2ccccc2n1CC)c1cccc(C)c1. The van der Waals surface area contributed by atoms with Crippen LogP contribution in [0.3, 0.4) is 0 Å². The molecule has 0 N–H and O–H groups in total. The number of para-hydroxylation sites is 1. The predicted molar refractivity (Wildman–Crippen MR) is 101 cm³/mol. The second-order valence-electron chi connectivity index (χ2n) is 6.12. The van der Waals surface area contributed by atoms with Crippen molar-refractivity contribution in [2.24, 2.45) is 0 Å². The van der Waals surface area contributed by atoms with Crippen molar-refractivity contribution < 1.29 is 4.79 Å². The van der Waals surface area contributed by atoms with Crippen LogP contribution in [-0.4, -0.2) is 17.0 Å². The predicted octanol–water partition coefficient (Wildman–Crippen LogP) is 4.94. The topological polar surface area (TPSA) is 25.2 Å². The van der Waals surface area contributed by atoms with E-state index in [9.17, 15) is 4.79 Å². The zero-order valence-electron chi connectivity index (χ0n) is 14.8. The molecule has 3 heteroatoms. The standard InChI is InChI=1S/C21H24N2O/c1-5-22(17-11-9-10-15(3)14-17)21(24)20-16(4)18-12-7-8-13-19(18)23(20)6-2/h7-14H,5-6H2,1-4H3.